The number of rotatable bonds is 2. The molecule has 0 aliphatic carbocycles. The van der Waals surface area contributed by atoms with Crippen molar-refractivity contribution in [1.82, 2.24) is 0 Å². The van der Waals surface area contributed by atoms with Gasteiger partial charge in [-0.05, 0) is 20.8 Å². The van der Waals surface area contributed by atoms with Gasteiger partial charge in [-0.15, -0.1) is 0 Å². The molecule has 5 nitrogen and oxygen atoms in total. The zero-order valence-corrected chi connectivity index (χ0v) is 8.24. The zero-order chi connectivity index (χ0) is 10.3. The van der Waals surface area contributed by atoms with Crippen LogP contribution in [-0.4, -0.2) is 35.4 Å². The third-order valence-electron chi connectivity index (χ3n) is 2.82. The average molecular weight is 186 g/mol. The molecule has 5 heteroatoms. The van der Waals surface area contributed by atoms with Crippen LogP contribution in [0.5, 0.6) is 0 Å². The fourth-order valence-corrected chi connectivity index (χ4v) is 1.39. The number of azo groups is 1. The molecule has 13 heavy (non-hydrogen) atoms. The van der Waals surface area contributed by atoms with E-state index in [0.717, 1.165) is 0 Å². The van der Waals surface area contributed by atoms with Crippen LogP contribution >= 0.6 is 0 Å². The first kappa shape index (κ1) is 10.1. The Morgan fingerprint density at radius 2 is 2.00 bits per heavy atom. The lowest BCUT2D eigenvalue weighted by molar-refractivity contribution is -0.147. The number of carboxylic acids is 1. The van der Waals surface area contributed by atoms with Crippen LogP contribution in [0.15, 0.2) is 10.2 Å². The van der Waals surface area contributed by atoms with Crippen molar-refractivity contribution in [2.24, 2.45) is 10.2 Å². The molecule has 0 spiro atoms. The van der Waals surface area contributed by atoms with E-state index in [1.165, 1.54) is 7.11 Å². The summed E-state index contributed by atoms with van der Waals surface area (Å²) in [5.74, 6) is -1.00. The Kier molecular flexibility index (Phi) is 2.15. The maximum atomic E-state index is 10.8. The molecule has 74 valence electrons. The molecule has 0 aromatic carbocycles. The second-order valence-corrected chi connectivity index (χ2v) is 3.83. The van der Waals surface area contributed by atoms with Crippen molar-refractivity contribution in [1.29, 1.82) is 0 Å². The Bertz CT molecular complexity index is 262. The fraction of sp³-hybridized carbons (Fsp3) is 0.875. The predicted octanol–water partition coefficient (Wildman–Crippen LogP) is 1.09. The summed E-state index contributed by atoms with van der Waals surface area (Å²) in [5, 5.41) is 16.5. The quantitative estimate of drug-likeness (QED) is 0.701. The first-order chi connectivity index (χ1) is 5.85. The maximum Gasteiger partial charge on any atom is 0.333 e. The SMILES string of the molecule is COC1(C)C(C(=O)O)N=NC1(C)C. The van der Waals surface area contributed by atoms with E-state index in [0.29, 0.717) is 0 Å². The van der Waals surface area contributed by atoms with E-state index in [1.807, 2.05) is 13.8 Å². The number of carbonyl (C=O) groups is 1. The topological polar surface area (TPSA) is 71.2 Å². The first-order valence-electron chi connectivity index (χ1n) is 4.05. The Hall–Kier alpha value is -0.970. The lowest BCUT2D eigenvalue weighted by atomic mass is 9.80. The number of carboxylic acid groups (broad SMARTS) is 1. The third-order valence-corrected chi connectivity index (χ3v) is 2.82. The minimum atomic E-state index is -1.00. The number of hydrogen-bond donors (Lipinski definition) is 1. The van der Waals surface area contributed by atoms with Crippen molar-refractivity contribution in [3.63, 3.8) is 0 Å². The Labute approximate surface area is 76.8 Å². The van der Waals surface area contributed by atoms with Crippen LogP contribution in [0.3, 0.4) is 0 Å². The van der Waals surface area contributed by atoms with Crippen LogP contribution in [0.25, 0.3) is 0 Å². The molecule has 0 amide bonds. The summed E-state index contributed by atoms with van der Waals surface area (Å²) >= 11 is 0. The van der Waals surface area contributed by atoms with Crippen molar-refractivity contribution >= 4 is 5.97 Å². The predicted molar refractivity (Wildman–Crippen MR) is 45.8 cm³/mol. The van der Waals surface area contributed by atoms with Gasteiger partial charge in [-0.3, -0.25) is 0 Å². The zero-order valence-electron chi connectivity index (χ0n) is 8.24. The highest BCUT2D eigenvalue weighted by Crippen LogP contribution is 2.39. The molecule has 0 radical (unpaired) electrons. The maximum absolute atomic E-state index is 10.8. The molecule has 0 saturated carbocycles. The van der Waals surface area contributed by atoms with E-state index in [9.17, 15) is 4.79 Å². The highest BCUT2D eigenvalue weighted by molar-refractivity contribution is 5.76. The van der Waals surface area contributed by atoms with Gasteiger partial charge in [0.05, 0.1) is 0 Å². The highest BCUT2D eigenvalue weighted by atomic mass is 16.5. The van der Waals surface area contributed by atoms with Gasteiger partial charge in [0.15, 0.2) is 6.04 Å². The van der Waals surface area contributed by atoms with Gasteiger partial charge in [-0.1, -0.05) is 0 Å². The van der Waals surface area contributed by atoms with Gasteiger partial charge in [-0.2, -0.15) is 10.2 Å². The molecule has 1 aliphatic heterocycles. The molecule has 1 N–H and O–H groups in total. The van der Waals surface area contributed by atoms with Crippen LogP contribution in [0.2, 0.25) is 0 Å². The summed E-state index contributed by atoms with van der Waals surface area (Å²) in [6, 6.07) is -0.910. The minimum absolute atomic E-state index is 0.592. The summed E-state index contributed by atoms with van der Waals surface area (Å²) in [6.45, 7) is 5.33. The van der Waals surface area contributed by atoms with Gasteiger partial charge in [0.25, 0.3) is 0 Å². The molecular weight excluding hydrogens is 172 g/mol. The van der Waals surface area contributed by atoms with E-state index in [-0.39, 0.29) is 0 Å². The first-order valence-corrected chi connectivity index (χ1v) is 4.05. The van der Waals surface area contributed by atoms with E-state index >= 15 is 0 Å². The lowest BCUT2D eigenvalue weighted by Crippen LogP contribution is -2.54. The van der Waals surface area contributed by atoms with E-state index in [4.69, 9.17) is 9.84 Å². The molecule has 2 unspecified atom stereocenters. The Morgan fingerprint density at radius 3 is 2.31 bits per heavy atom. The fourth-order valence-electron chi connectivity index (χ4n) is 1.39. The molecule has 2 atom stereocenters. The van der Waals surface area contributed by atoms with E-state index in [1.54, 1.807) is 6.92 Å². The molecule has 0 aromatic rings. The van der Waals surface area contributed by atoms with E-state index in [2.05, 4.69) is 10.2 Å². The number of aliphatic carboxylic acids is 1. The lowest BCUT2D eigenvalue weighted by Gasteiger charge is -2.35. The summed E-state index contributed by atoms with van der Waals surface area (Å²) < 4.78 is 5.22. The average Bonchev–Trinajstić information content (AvgIpc) is 2.25. The molecule has 1 heterocycles. The van der Waals surface area contributed by atoms with Gasteiger partial charge >= 0.3 is 5.97 Å². The van der Waals surface area contributed by atoms with Gasteiger partial charge in [0, 0.05) is 7.11 Å². The minimum Gasteiger partial charge on any atom is -0.480 e. The summed E-state index contributed by atoms with van der Waals surface area (Å²) in [6.07, 6.45) is 0. The van der Waals surface area contributed by atoms with Crippen molar-refractivity contribution in [3.8, 4) is 0 Å². The normalized spacial score (nSPS) is 36.5. The molecule has 1 rings (SSSR count). The van der Waals surface area contributed by atoms with Crippen molar-refractivity contribution in [2.45, 2.75) is 38.0 Å². The largest absolute Gasteiger partial charge is 0.480 e. The molecule has 0 bridgehead atoms. The smallest absolute Gasteiger partial charge is 0.333 e. The third kappa shape index (κ3) is 1.23. The van der Waals surface area contributed by atoms with Gasteiger partial charge in [0.2, 0.25) is 0 Å². The van der Waals surface area contributed by atoms with E-state index < -0.39 is 23.2 Å². The van der Waals surface area contributed by atoms with Crippen LogP contribution in [0.4, 0.5) is 0 Å². The number of hydrogen-bond acceptors (Lipinski definition) is 4. The monoisotopic (exact) mass is 186 g/mol. The van der Waals surface area contributed by atoms with Crippen LogP contribution < -0.4 is 0 Å². The van der Waals surface area contributed by atoms with Crippen LogP contribution in [0, 0.1) is 0 Å². The highest BCUT2D eigenvalue weighted by Gasteiger charge is 2.56. The molecule has 0 aromatic heterocycles. The Morgan fingerprint density at radius 1 is 1.46 bits per heavy atom. The second-order valence-electron chi connectivity index (χ2n) is 3.83. The summed E-state index contributed by atoms with van der Waals surface area (Å²) in [7, 11) is 1.48. The van der Waals surface area contributed by atoms with Gasteiger partial charge < -0.3 is 9.84 Å². The van der Waals surface area contributed by atoms with Crippen molar-refractivity contribution in [2.75, 3.05) is 7.11 Å². The van der Waals surface area contributed by atoms with Crippen molar-refractivity contribution < 1.29 is 14.6 Å². The van der Waals surface area contributed by atoms with Crippen LogP contribution in [-0.2, 0) is 9.53 Å². The standard InChI is InChI=1S/C8H14N2O3/c1-7(2)8(3,13-4)5(6(11)12)9-10-7/h5H,1-4H3,(H,11,12). The molecule has 1 aliphatic rings. The van der Waals surface area contributed by atoms with Crippen LogP contribution in [0.1, 0.15) is 20.8 Å². The number of ether oxygens (including phenoxy) is 1. The Balaban J connectivity index is 3.06. The van der Waals surface area contributed by atoms with Crippen molar-refractivity contribution in [3.05, 3.63) is 0 Å². The molecular formula is C8H14N2O3. The van der Waals surface area contributed by atoms with Gasteiger partial charge in [-0.25, -0.2) is 4.79 Å². The summed E-state index contributed by atoms with van der Waals surface area (Å²) in [4.78, 5) is 10.8. The molecule has 0 fully saturated rings. The molecule has 0 saturated heterocycles. The van der Waals surface area contributed by atoms with Gasteiger partial charge in [0.1, 0.15) is 11.1 Å². The summed E-state index contributed by atoms with van der Waals surface area (Å²) in [5.41, 5.74) is -1.45. The number of methoxy groups -OCH3 is 1. The second kappa shape index (κ2) is 2.77. The number of nitrogens with zero attached hydrogens (tertiary/aromatic N) is 2.